The molecule has 2 heteroatoms. The third-order valence-corrected chi connectivity index (χ3v) is 3.78. The maximum Gasteiger partial charge on any atom is 0.0175 e. The molecule has 0 bridgehead atoms. The van der Waals surface area contributed by atoms with Crippen molar-refractivity contribution in [2.45, 2.75) is 45.1 Å². The van der Waals surface area contributed by atoms with E-state index in [-0.39, 0.29) is 5.54 Å². The molecule has 106 valence electrons. The Morgan fingerprint density at radius 2 is 1.79 bits per heavy atom. The van der Waals surface area contributed by atoms with Gasteiger partial charge < -0.3 is 5.32 Å². The van der Waals surface area contributed by atoms with Gasteiger partial charge in [0.05, 0.1) is 0 Å². The second kappa shape index (κ2) is 7.16. The number of nitrogens with one attached hydrogen (secondary N) is 1. The van der Waals surface area contributed by atoms with Crippen molar-refractivity contribution in [2.24, 2.45) is 5.92 Å². The van der Waals surface area contributed by atoms with Crippen LogP contribution in [-0.4, -0.2) is 18.3 Å². The SMILES string of the molecule is CSc1ccc(C=C(CNC(C)(C)C)C(C)C)cc1. The van der Waals surface area contributed by atoms with Gasteiger partial charge in [-0.3, -0.25) is 0 Å². The van der Waals surface area contributed by atoms with E-state index >= 15 is 0 Å². The number of rotatable bonds is 5. The van der Waals surface area contributed by atoms with E-state index in [2.05, 4.69) is 76.5 Å². The Morgan fingerprint density at radius 1 is 1.21 bits per heavy atom. The van der Waals surface area contributed by atoms with E-state index in [0.29, 0.717) is 5.92 Å². The Bertz CT molecular complexity index is 410. The molecule has 0 aliphatic rings. The molecule has 0 aliphatic carbocycles. The summed E-state index contributed by atoms with van der Waals surface area (Å²) in [6.45, 7) is 12.1. The van der Waals surface area contributed by atoms with Gasteiger partial charge in [0.2, 0.25) is 0 Å². The zero-order valence-electron chi connectivity index (χ0n) is 13.1. The van der Waals surface area contributed by atoms with Crippen LogP contribution in [0.25, 0.3) is 6.08 Å². The summed E-state index contributed by atoms with van der Waals surface area (Å²) in [6, 6.07) is 8.77. The highest BCUT2D eigenvalue weighted by molar-refractivity contribution is 7.98. The minimum Gasteiger partial charge on any atom is -0.308 e. The first-order valence-electron chi connectivity index (χ1n) is 6.91. The Kier molecular flexibility index (Phi) is 6.15. The number of hydrogen-bond donors (Lipinski definition) is 1. The van der Waals surface area contributed by atoms with Gasteiger partial charge in [-0.05, 0) is 50.6 Å². The Balaban J connectivity index is 2.82. The van der Waals surface area contributed by atoms with Crippen LogP contribution < -0.4 is 5.32 Å². The van der Waals surface area contributed by atoms with Crippen molar-refractivity contribution in [2.75, 3.05) is 12.8 Å². The van der Waals surface area contributed by atoms with Crippen LogP contribution >= 0.6 is 11.8 Å². The highest BCUT2D eigenvalue weighted by Crippen LogP contribution is 2.19. The van der Waals surface area contributed by atoms with Gasteiger partial charge in [0, 0.05) is 17.0 Å². The summed E-state index contributed by atoms with van der Waals surface area (Å²) < 4.78 is 0. The lowest BCUT2D eigenvalue weighted by molar-refractivity contribution is 0.437. The minimum atomic E-state index is 0.163. The normalized spacial score (nSPS) is 13.1. The fraction of sp³-hybridized carbons (Fsp3) is 0.529. The van der Waals surface area contributed by atoms with Crippen LogP contribution in [0.15, 0.2) is 34.7 Å². The molecule has 1 aromatic rings. The molecule has 0 amide bonds. The van der Waals surface area contributed by atoms with E-state index in [4.69, 9.17) is 0 Å². The molecule has 0 aromatic heterocycles. The lowest BCUT2D eigenvalue weighted by Crippen LogP contribution is -2.37. The van der Waals surface area contributed by atoms with E-state index in [1.54, 1.807) is 11.8 Å². The summed E-state index contributed by atoms with van der Waals surface area (Å²) in [4.78, 5) is 1.32. The van der Waals surface area contributed by atoms with Crippen molar-refractivity contribution in [3.8, 4) is 0 Å². The van der Waals surface area contributed by atoms with Gasteiger partial charge in [-0.15, -0.1) is 11.8 Å². The molecule has 1 rings (SSSR count). The average Bonchev–Trinajstić information content (AvgIpc) is 2.33. The molecule has 0 aliphatic heterocycles. The molecule has 1 aromatic carbocycles. The van der Waals surface area contributed by atoms with Gasteiger partial charge in [-0.2, -0.15) is 0 Å². The van der Waals surface area contributed by atoms with Crippen molar-refractivity contribution in [1.82, 2.24) is 5.32 Å². The maximum atomic E-state index is 3.57. The molecule has 0 saturated heterocycles. The zero-order valence-corrected chi connectivity index (χ0v) is 13.9. The number of hydrogen-bond acceptors (Lipinski definition) is 2. The molecule has 1 nitrogen and oxygen atoms in total. The largest absolute Gasteiger partial charge is 0.308 e. The quantitative estimate of drug-likeness (QED) is 0.773. The molecule has 0 saturated carbocycles. The predicted molar refractivity (Wildman–Crippen MR) is 88.8 cm³/mol. The van der Waals surface area contributed by atoms with Crippen LogP contribution in [0, 0.1) is 5.92 Å². The first-order valence-corrected chi connectivity index (χ1v) is 8.14. The van der Waals surface area contributed by atoms with E-state index in [0.717, 1.165) is 6.54 Å². The van der Waals surface area contributed by atoms with Gasteiger partial charge in [0.1, 0.15) is 0 Å². The number of benzene rings is 1. The van der Waals surface area contributed by atoms with Crippen LogP contribution in [0.4, 0.5) is 0 Å². The Labute approximate surface area is 122 Å². The lowest BCUT2D eigenvalue weighted by Gasteiger charge is -2.23. The van der Waals surface area contributed by atoms with Crippen LogP contribution in [0.1, 0.15) is 40.2 Å². The van der Waals surface area contributed by atoms with Crippen molar-refractivity contribution in [1.29, 1.82) is 0 Å². The molecular formula is C17H27NS. The second-order valence-electron chi connectivity index (χ2n) is 6.25. The van der Waals surface area contributed by atoms with E-state index in [9.17, 15) is 0 Å². The van der Waals surface area contributed by atoms with Crippen molar-refractivity contribution in [3.63, 3.8) is 0 Å². The third-order valence-electron chi connectivity index (χ3n) is 3.03. The summed E-state index contributed by atoms with van der Waals surface area (Å²) in [5.41, 5.74) is 2.90. The highest BCUT2D eigenvalue weighted by atomic mass is 32.2. The van der Waals surface area contributed by atoms with E-state index in [1.165, 1.54) is 16.0 Å². The molecule has 1 N–H and O–H groups in total. The van der Waals surface area contributed by atoms with Crippen molar-refractivity contribution < 1.29 is 0 Å². The summed E-state index contributed by atoms with van der Waals surface area (Å²) in [7, 11) is 0. The highest BCUT2D eigenvalue weighted by Gasteiger charge is 2.11. The Hall–Kier alpha value is -0.730. The fourth-order valence-electron chi connectivity index (χ4n) is 1.70. The van der Waals surface area contributed by atoms with E-state index in [1.807, 2.05) is 0 Å². The van der Waals surface area contributed by atoms with Crippen molar-refractivity contribution >= 4 is 17.8 Å². The summed E-state index contributed by atoms with van der Waals surface area (Å²) >= 11 is 1.78. The lowest BCUT2D eigenvalue weighted by atomic mass is 9.99. The average molecular weight is 277 g/mol. The van der Waals surface area contributed by atoms with Crippen molar-refractivity contribution in [3.05, 3.63) is 35.4 Å². The second-order valence-corrected chi connectivity index (χ2v) is 7.13. The minimum absolute atomic E-state index is 0.163. The smallest absolute Gasteiger partial charge is 0.0175 e. The van der Waals surface area contributed by atoms with Gasteiger partial charge in [0.15, 0.2) is 0 Å². The van der Waals surface area contributed by atoms with E-state index < -0.39 is 0 Å². The zero-order chi connectivity index (χ0) is 14.5. The molecule has 0 fully saturated rings. The van der Waals surface area contributed by atoms with Crippen LogP contribution in [0.3, 0.4) is 0 Å². The summed E-state index contributed by atoms with van der Waals surface area (Å²) in [5, 5.41) is 3.57. The molecule has 0 unspecified atom stereocenters. The molecule has 19 heavy (non-hydrogen) atoms. The monoisotopic (exact) mass is 277 g/mol. The molecule has 0 heterocycles. The molecule has 0 atom stereocenters. The van der Waals surface area contributed by atoms with Gasteiger partial charge in [-0.25, -0.2) is 0 Å². The van der Waals surface area contributed by atoms with Crippen LogP contribution in [-0.2, 0) is 0 Å². The first-order chi connectivity index (χ1) is 8.81. The molecule has 0 spiro atoms. The third kappa shape index (κ3) is 6.31. The number of thioether (sulfide) groups is 1. The van der Waals surface area contributed by atoms with Gasteiger partial charge >= 0.3 is 0 Å². The van der Waals surface area contributed by atoms with Crippen LogP contribution in [0.5, 0.6) is 0 Å². The molecular weight excluding hydrogens is 250 g/mol. The Morgan fingerprint density at radius 3 is 2.21 bits per heavy atom. The van der Waals surface area contributed by atoms with Gasteiger partial charge in [0.25, 0.3) is 0 Å². The fourth-order valence-corrected chi connectivity index (χ4v) is 2.11. The van der Waals surface area contributed by atoms with Crippen LogP contribution in [0.2, 0.25) is 0 Å². The standard InChI is InChI=1S/C17H27NS/c1-13(2)15(12-18-17(3,4)5)11-14-7-9-16(19-6)10-8-14/h7-11,13,18H,12H2,1-6H3. The summed E-state index contributed by atoms with van der Waals surface area (Å²) in [6.07, 6.45) is 4.42. The van der Waals surface area contributed by atoms with Gasteiger partial charge in [-0.1, -0.05) is 37.6 Å². The maximum absolute atomic E-state index is 3.57. The first kappa shape index (κ1) is 16.3. The topological polar surface area (TPSA) is 12.0 Å². The predicted octanol–water partition coefficient (Wildman–Crippen LogP) is 4.84. The molecule has 0 radical (unpaired) electrons. The summed E-state index contributed by atoms with van der Waals surface area (Å²) in [5.74, 6) is 0.565.